The second kappa shape index (κ2) is 6.41. The van der Waals surface area contributed by atoms with Crippen LogP contribution in [0.15, 0.2) is 24.4 Å². The molecule has 0 amide bonds. The highest BCUT2D eigenvalue weighted by atomic mass is 35.5. The molecule has 0 bridgehead atoms. The van der Waals surface area contributed by atoms with Crippen molar-refractivity contribution in [3.05, 3.63) is 51.3 Å². The van der Waals surface area contributed by atoms with Gasteiger partial charge in [0.1, 0.15) is 11.3 Å². The lowest BCUT2D eigenvalue weighted by Crippen LogP contribution is -2.03. The molecule has 21 heavy (non-hydrogen) atoms. The van der Waals surface area contributed by atoms with Crippen molar-refractivity contribution < 1.29 is 18.3 Å². The Morgan fingerprint density at radius 3 is 2.76 bits per heavy atom. The molecular weight excluding hydrogens is 325 g/mol. The second-order valence-corrected chi connectivity index (χ2v) is 4.92. The standard InChI is InChI=1S/C13H10Cl2F2N2O2/c1-21-13(20)8-6-19(18-11(8)12(16)17)5-7-3-2-4-9(14)10(7)15/h2-4,6,12H,5H2,1H3. The zero-order valence-electron chi connectivity index (χ0n) is 10.8. The Hall–Kier alpha value is -1.66. The number of methoxy groups -OCH3 is 1. The van der Waals surface area contributed by atoms with Gasteiger partial charge in [-0.3, -0.25) is 4.68 Å². The number of rotatable bonds is 4. The first-order valence-corrected chi connectivity index (χ1v) is 6.56. The largest absolute Gasteiger partial charge is 0.465 e. The number of nitrogens with zero attached hydrogens (tertiary/aromatic N) is 2. The van der Waals surface area contributed by atoms with Crippen molar-refractivity contribution in [1.29, 1.82) is 0 Å². The molecule has 4 nitrogen and oxygen atoms in total. The van der Waals surface area contributed by atoms with Crippen LogP contribution in [-0.4, -0.2) is 22.9 Å². The monoisotopic (exact) mass is 334 g/mol. The summed E-state index contributed by atoms with van der Waals surface area (Å²) in [6.45, 7) is 0.107. The zero-order chi connectivity index (χ0) is 15.6. The molecule has 1 aromatic carbocycles. The van der Waals surface area contributed by atoms with Crippen LogP contribution in [0.1, 0.15) is 28.0 Å². The molecule has 1 heterocycles. The minimum Gasteiger partial charge on any atom is -0.465 e. The van der Waals surface area contributed by atoms with Crippen LogP contribution in [0, 0.1) is 0 Å². The van der Waals surface area contributed by atoms with Crippen LogP contribution < -0.4 is 0 Å². The van der Waals surface area contributed by atoms with E-state index in [1.165, 1.54) is 10.9 Å². The molecule has 112 valence electrons. The number of hydrogen-bond donors (Lipinski definition) is 0. The summed E-state index contributed by atoms with van der Waals surface area (Å²) >= 11 is 11.9. The Kier molecular flexibility index (Phi) is 4.80. The van der Waals surface area contributed by atoms with E-state index in [0.29, 0.717) is 15.6 Å². The first kappa shape index (κ1) is 15.7. The number of aromatic nitrogens is 2. The van der Waals surface area contributed by atoms with Crippen molar-refractivity contribution in [3.63, 3.8) is 0 Å². The number of alkyl halides is 2. The molecule has 0 unspecified atom stereocenters. The Balaban J connectivity index is 2.37. The quantitative estimate of drug-likeness (QED) is 0.795. The second-order valence-electron chi connectivity index (χ2n) is 4.13. The molecule has 1 aromatic heterocycles. The van der Waals surface area contributed by atoms with E-state index < -0.39 is 18.1 Å². The van der Waals surface area contributed by atoms with Gasteiger partial charge in [0.15, 0.2) is 0 Å². The fourth-order valence-electron chi connectivity index (χ4n) is 1.79. The van der Waals surface area contributed by atoms with Crippen molar-refractivity contribution in [2.75, 3.05) is 7.11 Å². The third-order valence-electron chi connectivity index (χ3n) is 2.77. The summed E-state index contributed by atoms with van der Waals surface area (Å²) in [5, 5.41) is 4.37. The van der Waals surface area contributed by atoms with Gasteiger partial charge in [0, 0.05) is 6.20 Å². The Morgan fingerprint density at radius 1 is 1.43 bits per heavy atom. The lowest BCUT2D eigenvalue weighted by Gasteiger charge is -2.05. The molecule has 0 aliphatic heterocycles. The van der Waals surface area contributed by atoms with Crippen molar-refractivity contribution in [2.24, 2.45) is 0 Å². The summed E-state index contributed by atoms with van der Waals surface area (Å²) in [4.78, 5) is 11.5. The van der Waals surface area contributed by atoms with Gasteiger partial charge in [-0.05, 0) is 11.6 Å². The fraction of sp³-hybridized carbons (Fsp3) is 0.231. The molecule has 0 N–H and O–H groups in total. The fourth-order valence-corrected chi connectivity index (χ4v) is 2.17. The van der Waals surface area contributed by atoms with E-state index in [2.05, 4.69) is 9.84 Å². The molecule has 0 aliphatic carbocycles. The van der Waals surface area contributed by atoms with Gasteiger partial charge in [-0.15, -0.1) is 0 Å². The number of ether oxygens (including phenoxy) is 1. The minimum atomic E-state index is -2.88. The van der Waals surface area contributed by atoms with E-state index in [-0.39, 0.29) is 12.1 Å². The highest BCUT2D eigenvalue weighted by Crippen LogP contribution is 2.27. The molecule has 0 radical (unpaired) electrons. The van der Waals surface area contributed by atoms with Crippen LogP contribution in [0.3, 0.4) is 0 Å². The molecule has 8 heteroatoms. The molecule has 0 atom stereocenters. The number of hydrogen-bond acceptors (Lipinski definition) is 3. The first-order valence-electron chi connectivity index (χ1n) is 5.80. The molecular formula is C13H10Cl2F2N2O2. The van der Waals surface area contributed by atoms with Gasteiger partial charge in [-0.2, -0.15) is 5.10 Å². The van der Waals surface area contributed by atoms with Gasteiger partial charge in [0.2, 0.25) is 0 Å². The molecule has 0 aliphatic rings. The van der Waals surface area contributed by atoms with E-state index in [1.807, 2.05) is 0 Å². The maximum Gasteiger partial charge on any atom is 0.341 e. The third kappa shape index (κ3) is 3.33. The van der Waals surface area contributed by atoms with Gasteiger partial charge in [0.05, 0.1) is 23.7 Å². The number of carbonyl (C=O) groups is 1. The van der Waals surface area contributed by atoms with Crippen molar-refractivity contribution in [1.82, 2.24) is 9.78 Å². The van der Waals surface area contributed by atoms with Crippen molar-refractivity contribution in [3.8, 4) is 0 Å². The van der Waals surface area contributed by atoms with E-state index in [9.17, 15) is 13.6 Å². The average molecular weight is 335 g/mol. The summed E-state index contributed by atoms with van der Waals surface area (Å²) in [5.41, 5.74) is -0.297. The molecule has 2 rings (SSSR count). The van der Waals surface area contributed by atoms with Gasteiger partial charge in [0.25, 0.3) is 6.43 Å². The zero-order valence-corrected chi connectivity index (χ0v) is 12.3. The molecule has 0 fully saturated rings. The van der Waals surface area contributed by atoms with E-state index >= 15 is 0 Å². The van der Waals surface area contributed by atoms with Crippen LogP contribution in [-0.2, 0) is 11.3 Å². The van der Waals surface area contributed by atoms with Gasteiger partial charge >= 0.3 is 5.97 Å². The third-order valence-corrected chi connectivity index (χ3v) is 3.62. The Bertz CT molecular complexity index is 674. The van der Waals surface area contributed by atoms with Crippen LogP contribution in [0.2, 0.25) is 10.0 Å². The number of esters is 1. The van der Waals surface area contributed by atoms with E-state index in [4.69, 9.17) is 23.2 Å². The predicted octanol–water partition coefficient (Wildman–Crippen LogP) is 3.96. The lowest BCUT2D eigenvalue weighted by atomic mass is 10.2. The number of benzene rings is 1. The van der Waals surface area contributed by atoms with Crippen molar-refractivity contribution in [2.45, 2.75) is 13.0 Å². The van der Waals surface area contributed by atoms with E-state index in [0.717, 1.165) is 7.11 Å². The van der Waals surface area contributed by atoms with Crippen LogP contribution in [0.5, 0.6) is 0 Å². The summed E-state index contributed by atoms with van der Waals surface area (Å²) in [6, 6.07) is 4.99. The normalized spacial score (nSPS) is 11.0. The van der Waals surface area contributed by atoms with Crippen molar-refractivity contribution >= 4 is 29.2 Å². The topological polar surface area (TPSA) is 44.1 Å². The summed E-state index contributed by atoms with van der Waals surface area (Å²) < 4.78 is 31.4. The molecule has 2 aromatic rings. The Labute approximate surface area is 129 Å². The number of carbonyl (C=O) groups excluding carboxylic acids is 1. The van der Waals surface area contributed by atoms with Crippen LogP contribution in [0.25, 0.3) is 0 Å². The van der Waals surface area contributed by atoms with Gasteiger partial charge < -0.3 is 4.74 Å². The average Bonchev–Trinajstić information content (AvgIpc) is 2.87. The Morgan fingerprint density at radius 2 is 2.14 bits per heavy atom. The maximum absolute atomic E-state index is 12.9. The van der Waals surface area contributed by atoms with Crippen LogP contribution in [0.4, 0.5) is 8.78 Å². The molecule has 0 saturated heterocycles. The molecule has 0 spiro atoms. The minimum absolute atomic E-state index is 0.107. The van der Waals surface area contributed by atoms with E-state index in [1.54, 1.807) is 18.2 Å². The maximum atomic E-state index is 12.9. The SMILES string of the molecule is COC(=O)c1cn(Cc2cccc(Cl)c2Cl)nc1C(F)F. The lowest BCUT2D eigenvalue weighted by molar-refractivity contribution is 0.0589. The highest BCUT2D eigenvalue weighted by molar-refractivity contribution is 6.42. The number of halogens is 4. The summed E-state index contributed by atoms with van der Waals surface area (Å²) in [6.07, 6.45) is -1.68. The first-order chi connectivity index (χ1) is 9.93. The molecule has 0 saturated carbocycles. The highest BCUT2D eigenvalue weighted by Gasteiger charge is 2.24. The summed E-state index contributed by atoms with van der Waals surface area (Å²) in [7, 11) is 1.11. The van der Waals surface area contributed by atoms with Gasteiger partial charge in [-0.25, -0.2) is 13.6 Å². The van der Waals surface area contributed by atoms with Gasteiger partial charge in [-0.1, -0.05) is 35.3 Å². The summed E-state index contributed by atoms with van der Waals surface area (Å²) in [5.74, 6) is -0.867. The smallest absolute Gasteiger partial charge is 0.341 e. The predicted molar refractivity (Wildman–Crippen MR) is 74.1 cm³/mol. The van der Waals surface area contributed by atoms with Crippen LogP contribution >= 0.6 is 23.2 Å².